The van der Waals surface area contributed by atoms with Gasteiger partial charge in [0.1, 0.15) is 5.82 Å². The number of amides is 1. The first-order valence-electron chi connectivity index (χ1n) is 7.50. The highest BCUT2D eigenvalue weighted by atomic mass is 35.5. The van der Waals surface area contributed by atoms with E-state index in [1.165, 1.54) is 0 Å². The quantitative estimate of drug-likeness (QED) is 0.830. The first kappa shape index (κ1) is 17.8. The number of aromatic nitrogens is 2. The van der Waals surface area contributed by atoms with Crippen LogP contribution in [0.3, 0.4) is 0 Å². The number of nitrogens with one attached hydrogen (secondary N) is 1. The van der Waals surface area contributed by atoms with Gasteiger partial charge in [0.2, 0.25) is 5.91 Å². The predicted octanol–water partition coefficient (Wildman–Crippen LogP) is 3.07. The van der Waals surface area contributed by atoms with Gasteiger partial charge in [-0.15, -0.1) is 0 Å². The fourth-order valence-corrected chi connectivity index (χ4v) is 2.87. The molecule has 1 aromatic heterocycles. The molecule has 23 heavy (non-hydrogen) atoms. The van der Waals surface area contributed by atoms with Crippen molar-refractivity contribution in [2.45, 2.75) is 26.3 Å². The van der Waals surface area contributed by atoms with E-state index in [0.29, 0.717) is 41.3 Å². The number of carbonyl (C=O) groups is 1. The molecule has 0 aliphatic rings. The van der Waals surface area contributed by atoms with E-state index in [1.807, 2.05) is 13.2 Å². The second kappa shape index (κ2) is 8.36. The number of halogens is 1. The van der Waals surface area contributed by atoms with Crippen molar-refractivity contribution in [3.8, 4) is 0 Å². The van der Waals surface area contributed by atoms with Crippen molar-refractivity contribution in [2.24, 2.45) is 0 Å². The SMILES string of the molecule is CCCN(Cc1nc2cc(Cl)ccc2c(=O)[nH]1)C(=O)CCSC. The fourth-order valence-electron chi connectivity index (χ4n) is 2.33. The first-order valence-corrected chi connectivity index (χ1v) is 9.27. The standard InChI is InChI=1S/C16H20ClN3O2S/c1-3-7-20(15(21)6-8-23-2)10-14-18-13-9-11(17)4-5-12(13)16(22)19-14/h4-5,9H,3,6-8,10H2,1-2H3,(H,18,19,22). The van der Waals surface area contributed by atoms with Crippen LogP contribution in [0, 0.1) is 0 Å². The van der Waals surface area contributed by atoms with Gasteiger partial charge in [0.25, 0.3) is 5.56 Å². The zero-order valence-electron chi connectivity index (χ0n) is 13.3. The largest absolute Gasteiger partial charge is 0.335 e. The van der Waals surface area contributed by atoms with Crippen molar-refractivity contribution in [2.75, 3.05) is 18.6 Å². The third-order valence-corrected chi connectivity index (χ3v) is 4.27. The van der Waals surface area contributed by atoms with Gasteiger partial charge < -0.3 is 9.88 Å². The molecule has 0 fully saturated rings. The van der Waals surface area contributed by atoms with Gasteiger partial charge in [-0.2, -0.15) is 11.8 Å². The summed E-state index contributed by atoms with van der Waals surface area (Å²) >= 11 is 7.61. The van der Waals surface area contributed by atoms with Crippen molar-refractivity contribution >= 4 is 40.2 Å². The minimum atomic E-state index is -0.213. The molecule has 7 heteroatoms. The van der Waals surface area contributed by atoms with Crippen LogP contribution in [0.4, 0.5) is 0 Å². The van der Waals surface area contributed by atoms with E-state index in [1.54, 1.807) is 34.9 Å². The molecule has 1 N–H and O–H groups in total. The second-order valence-corrected chi connectivity index (χ2v) is 6.65. The lowest BCUT2D eigenvalue weighted by Crippen LogP contribution is -2.33. The molecule has 0 saturated carbocycles. The van der Waals surface area contributed by atoms with Gasteiger partial charge in [0, 0.05) is 23.7 Å². The lowest BCUT2D eigenvalue weighted by atomic mass is 10.2. The summed E-state index contributed by atoms with van der Waals surface area (Å²) in [5.74, 6) is 1.35. The van der Waals surface area contributed by atoms with E-state index in [0.717, 1.165) is 12.2 Å². The van der Waals surface area contributed by atoms with Crippen molar-refractivity contribution < 1.29 is 4.79 Å². The Hall–Kier alpha value is -1.53. The summed E-state index contributed by atoms with van der Waals surface area (Å²) < 4.78 is 0. The van der Waals surface area contributed by atoms with E-state index in [9.17, 15) is 9.59 Å². The van der Waals surface area contributed by atoms with E-state index < -0.39 is 0 Å². The van der Waals surface area contributed by atoms with Crippen LogP contribution in [-0.2, 0) is 11.3 Å². The molecule has 5 nitrogen and oxygen atoms in total. The van der Waals surface area contributed by atoms with Crippen molar-refractivity contribution in [3.05, 3.63) is 39.4 Å². The molecular weight excluding hydrogens is 334 g/mol. The van der Waals surface area contributed by atoms with Gasteiger partial charge in [-0.1, -0.05) is 18.5 Å². The zero-order chi connectivity index (χ0) is 16.8. The van der Waals surface area contributed by atoms with Crippen LogP contribution >= 0.6 is 23.4 Å². The summed E-state index contributed by atoms with van der Waals surface area (Å²) in [5, 5.41) is 1.02. The molecule has 0 radical (unpaired) electrons. The van der Waals surface area contributed by atoms with Crippen molar-refractivity contribution in [1.82, 2.24) is 14.9 Å². The molecule has 0 aliphatic heterocycles. The minimum Gasteiger partial charge on any atom is -0.335 e. The number of H-pyrrole nitrogens is 1. The van der Waals surface area contributed by atoms with Gasteiger partial charge in [-0.3, -0.25) is 9.59 Å². The minimum absolute atomic E-state index is 0.0787. The van der Waals surface area contributed by atoms with Crippen LogP contribution in [0.5, 0.6) is 0 Å². The monoisotopic (exact) mass is 353 g/mol. The zero-order valence-corrected chi connectivity index (χ0v) is 14.8. The normalized spacial score (nSPS) is 10.9. The van der Waals surface area contributed by atoms with Gasteiger partial charge in [-0.05, 0) is 30.9 Å². The summed E-state index contributed by atoms with van der Waals surface area (Å²) in [5.41, 5.74) is 0.332. The summed E-state index contributed by atoms with van der Waals surface area (Å²) in [6.45, 7) is 2.97. The number of aromatic amines is 1. The Kier molecular flexibility index (Phi) is 6.47. The van der Waals surface area contributed by atoms with Gasteiger partial charge in [0.15, 0.2) is 0 Å². The second-order valence-electron chi connectivity index (χ2n) is 5.23. The van der Waals surface area contributed by atoms with Crippen LogP contribution in [0.2, 0.25) is 5.02 Å². The molecular formula is C16H20ClN3O2S. The van der Waals surface area contributed by atoms with Crippen LogP contribution < -0.4 is 5.56 Å². The molecule has 0 unspecified atom stereocenters. The summed E-state index contributed by atoms with van der Waals surface area (Å²) in [6.07, 6.45) is 3.32. The fraction of sp³-hybridized carbons (Fsp3) is 0.438. The van der Waals surface area contributed by atoms with Crippen molar-refractivity contribution in [3.63, 3.8) is 0 Å². The van der Waals surface area contributed by atoms with Gasteiger partial charge in [-0.25, -0.2) is 4.98 Å². The molecule has 1 heterocycles. The van der Waals surface area contributed by atoms with E-state index in [-0.39, 0.29) is 11.5 Å². The third-order valence-electron chi connectivity index (χ3n) is 3.42. The molecule has 1 aromatic carbocycles. The van der Waals surface area contributed by atoms with Crippen molar-refractivity contribution in [1.29, 1.82) is 0 Å². The molecule has 0 saturated heterocycles. The Morgan fingerprint density at radius 1 is 1.43 bits per heavy atom. The highest BCUT2D eigenvalue weighted by Gasteiger charge is 2.15. The Bertz CT molecular complexity index is 748. The van der Waals surface area contributed by atoms with E-state index in [2.05, 4.69) is 9.97 Å². The molecule has 0 spiro atoms. The summed E-state index contributed by atoms with van der Waals surface area (Å²) in [7, 11) is 0. The number of benzene rings is 1. The number of fused-ring (bicyclic) bond motifs is 1. The van der Waals surface area contributed by atoms with Crippen LogP contribution in [0.15, 0.2) is 23.0 Å². The maximum atomic E-state index is 12.3. The smallest absolute Gasteiger partial charge is 0.258 e. The predicted molar refractivity (Wildman–Crippen MR) is 96.1 cm³/mol. The molecule has 0 aliphatic carbocycles. The molecule has 124 valence electrons. The highest BCUT2D eigenvalue weighted by molar-refractivity contribution is 7.98. The number of rotatable bonds is 7. The molecule has 1 amide bonds. The van der Waals surface area contributed by atoms with Crippen LogP contribution in [0.1, 0.15) is 25.6 Å². The number of thioether (sulfide) groups is 1. The number of hydrogen-bond acceptors (Lipinski definition) is 4. The van der Waals surface area contributed by atoms with E-state index in [4.69, 9.17) is 11.6 Å². The summed E-state index contributed by atoms with van der Waals surface area (Å²) in [4.78, 5) is 33.4. The first-order chi connectivity index (χ1) is 11.0. The number of carbonyl (C=O) groups excluding carboxylic acids is 1. The molecule has 2 aromatic rings. The van der Waals surface area contributed by atoms with Gasteiger partial charge in [0.05, 0.1) is 17.4 Å². The Balaban J connectivity index is 2.27. The maximum Gasteiger partial charge on any atom is 0.258 e. The molecule has 0 atom stereocenters. The highest BCUT2D eigenvalue weighted by Crippen LogP contribution is 2.15. The number of nitrogens with zero attached hydrogens (tertiary/aromatic N) is 2. The Labute approximate surface area is 144 Å². The third kappa shape index (κ3) is 4.72. The Morgan fingerprint density at radius 3 is 2.91 bits per heavy atom. The van der Waals surface area contributed by atoms with Crippen LogP contribution in [0.25, 0.3) is 10.9 Å². The average molecular weight is 354 g/mol. The average Bonchev–Trinajstić information content (AvgIpc) is 2.51. The van der Waals surface area contributed by atoms with E-state index >= 15 is 0 Å². The molecule has 2 rings (SSSR count). The van der Waals surface area contributed by atoms with Gasteiger partial charge >= 0.3 is 0 Å². The lowest BCUT2D eigenvalue weighted by Gasteiger charge is -2.21. The number of hydrogen-bond donors (Lipinski definition) is 1. The molecule has 0 bridgehead atoms. The lowest BCUT2D eigenvalue weighted by molar-refractivity contribution is -0.131. The topological polar surface area (TPSA) is 66.1 Å². The van der Waals surface area contributed by atoms with Crippen LogP contribution in [-0.4, -0.2) is 39.3 Å². The Morgan fingerprint density at radius 2 is 2.22 bits per heavy atom. The summed E-state index contributed by atoms with van der Waals surface area (Å²) in [6, 6.07) is 4.98. The maximum absolute atomic E-state index is 12.3.